The van der Waals surface area contributed by atoms with E-state index in [-0.39, 0.29) is 36.6 Å². The van der Waals surface area contributed by atoms with Crippen LogP contribution < -0.4 is 5.32 Å². The fraction of sp³-hybridized carbons (Fsp3) is 0.235. The number of aromatic nitrogens is 3. The van der Waals surface area contributed by atoms with Crippen LogP contribution in [0.5, 0.6) is 0 Å². The number of rotatable bonds is 7. The van der Waals surface area contributed by atoms with Crippen LogP contribution in [0.3, 0.4) is 0 Å². The van der Waals surface area contributed by atoms with Crippen molar-refractivity contribution in [1.82, 2.24) is 25.2 Å². The number of hydrogen-bond donors (Lipinski definition) is 1. The van der Waals surface area contributed by atoms with Crippen LogP contribution in [0.15, 0.2) is 47.6 Å². The molecule has 0 radical (unpaired) electrons. The summed E-state index contributed by atoms with van der Waals surface area (Å²) in [5, 5.41) is 9.81. The normalized spacial score (nSPS) is 15.7. The van der Waals surface area contributed by atoms with Crippen molar-refractivity contribution in [1.29, 1.82) is 0 Å². The number of aryl methyl sites for hydroxylation is 1. The molecule has 0 unspecified atom stereocenters. The lowest BCUT2D eigenvalue weighted by molar-refractivity contribution is -0.124. The Balaban J connectivity index is 1.47. The van der Waals surface area contributed by atoms with Gasteiger partial charge in [-0.1, -0.05) is 35.5 Å². The summed E-state index contributed by atoms with van der Waals surface area (Å²) in [4.78, 5) is 37.7. The maximum Gasteiger partial charge on any atom is 0.293 e. The number of carbonyl (C=O) groups excluding carboxylic acids is 3. The molecule has 0 atom stereocenters. The number of carbonyl (C=O) groups is 3. The van der Waals surface area contributed by atoms with Crippen LogP contribution in [0.25, 0.3) is 6.08 Å². The Hall–Kier alpha value is -2.94. The first-order valence-electron chi connectivity index (χ1n) is 8.05. The van der Waals surface area contributed by atoms with E-state index in [1.54, 1.807) is 23.2 Å². The molecule has 1 N–H and O–H groups in total. The highest BCUT2D eigenvalue weighted by molar-refractivity contribution is 8.18. The number of imide groups is 1. The van der Waals surface area contributed by atoms with Crippen LogP contribution in [0.2, 0.25) is 0 Å². The van der Waals surface area contributed by atoms with Crippen molar-refractivity contribution in [2.24, 2.45) is 0 Å². The van der Waals surface area contributed by atoms with E-state index in [2.05, 4.69) is 15.6 Å². The Labute approximate surface area is 154 Å². The van der Waals surface area contributed by atoms with Gasteiger partial charge in [0, 0.05) is 25.7 Å². The number of benzene rings is 1. The summed E-state index contributed by atoms with van der Waals surface area (Å²) in [7, 11) is 0. The monoisotopic (exact) mass is 371 g/mol. The van der Waals surface area contributed by atoms with Crippen LogP contribution in [0, 0.1) is 0 Å². The first-order chi connectivity index (χ1) is 12.6. The number of nitrogens with one attached hydrogen (secondary N) is 1. The lowest BCUT2D eigenvalue weighted by atomic mass is 10.2. The third-order valence-corrected chi connectivity index (χ3v) is 4.58. The second-order valence-corrected chi connectivity index (χ2v) is 6.50. The maximum absolute atomic E-state index is 12.4. The molecule has 2 heterocycles. The van der Waals surface area contributed by atoms with Crippen molar-refractivity contribution < 1.29 is 14.4 Å². The second kappa shape index (κ2) is 8.43. The number of nitrogens with zero attached hydrogens (tertiary/aromatic N) is 4. The predicted molar refractivity (Wildman–Crippen MR) is 96.8 cm³/mol. The largest absolute Gasteiger partial charge is 0.354 e. The molecule has 1 fully saturated rings. The summed E-state index contributed by atoms with van der Waals surface area (Å²) in [6, 6.07) is 9.34. The molecule has 1 saturated heterocycles. The molecule has 0 bridgehead atoms. The van der Waals surface area contributed by atoms with Gasteiger partial charge in [-0.2, -0.15) is 0 Å². The lowest BCUT2D eigenvalue weighted by Gasteiger charge is -2.13. The first-order valence-corrected chi connectivity index (χ1v) is 8.86. The maximum atomic E-state index is 12.4. The van der Waals surface area contributed by atoms with Gasteiger partial charge in [-0.3, -0.25) is 24.0 Å². The van der Waals surface area contributed by atoms with Gasteiger partial charge >= 0.3 is 0 Å². The van der Waals surface area contributed by atoms with Gasteiger partial charge in [0.1, 0.15) is 0 Å². The van der Waals surface area contributed by atoms with Crippen molar-refractivity contribution >= 4 is 34.9 Å². The topological polar surface area (TPSA) is 97.2 Å². The van der Waals surface area contributed by atoms with E-state index < -0.39 is 0 Å². The number of thioether (sulfide) groups is 1. The number of hydrogen-bond acceptors (Lipinski definition) is 6. The van der Waals surface area contributed by atoms with Crippen molar-refractivity contribution in [3.63, 3.8) is 0 Å². The minimum atomic E-state index is -0.333. The molecule has 0 aliphatic carbocycles. The van der Waals surface area contributed by atoms with Crippen LogP contribution in [0.1, 0.15) is 12.0 Å². The van der Waals surface area contributed by atoms with Gasteiger partial charge in [-0.25, -0.2) is 0 Å². The second-order valence-electron chi connectivity index (χ2n) is 5.51. The van der Waals surface area contributed by atoms with E-state index in [0.717, 1.165) is 22.2 Å². The van der Waals surface area contributed by atoms with Crippen molar-refractivity contribution in [3.8, 4) is 0 Å². The molecule has 1 aromatic carbocycles. The smallest absolute Gasteiger partial charge is 0.293 e. The Morgan fingerprint density at radius 3 is 2.73 bits per heavy atom. The molecule has 1 aliphatic rings. The zero-order valence-corrected chi connectivity index (χ0v) is 14.7. The van der Waals surface area contributed by atoms with Crippen molar-refractivity contribution in [2.75, 3.05) is 13.1 Å². The lowest BCUT2D eigenvalue weighted by Crippen LogP contribution is -2.37. The fourth-order valence-corrected chi connectivity index (χ4v) is 3.22. The first kappa shape index (κ1) is 17.9. The van der Waals surface area contributed by atoms with E-state index in [0.29, 0.717) is 11.4 Å². The van der Waals surface area contributed by atoms with Crippen molar-refractivity contribution in [3.05, 3.63) is 53.2 Å². The minimum absolute atomic E-state index is 0.145. The SMILES string of the molecule is O=C(CCn1ccnn1)NCCN1C(=O)S/C(=C/c2ccccc2)C1=O. The van der Waals surface area contributed by atoms with Gasteiger partial charge in [0.2, 0.25) is 5.91 Å². The molecular formula is C17H17N5O3S. The third-order valence-electron chi connectivity index (χ3n) is 3.67. The minimum Gasteiger partial charge on any atom is -0.354 e. The van der Waals surface area contributed by atoms with Crippen molar-refractivity contribution in [2.45, 2.75) is 13.0 Å². The van der Waals surface area contributed by atoms with Crippen LogP contribution in [-0.4, -0.2) is 50.0 Å². The van der Waals surface area contributed by atoms with E-state index in [1.165, 1.54) is 0 Å². The molecule has 134 valence electrons. The molecule has 0 spiro atoms. The van der Waals surface area contributed by atoms with E-state index >= 15 is 0 Å². The summed E-state index contributed by atoms with van der Waals surface area (Å²) >= 11 is 0.911. The highest BCUT2D eigenvalue weighted by Gasteiger charge is 2.34. The molecule has 0 saturated carbocycles. The molecule has 1 aliphatic heterocycles. The van der Waals surface area contributed by atoms with Crippen LogP contribution >= 0.6 is 11.8 Å². The standard InChI is InChI=1S/C17H17N5O3S/c23-15(6-9-21-10-8-19-20-21)18-7-11-22-16(24)14(26-17(22)25)12-13-4-2-1-3-5-13/h1-5,8,10,12H,6-7,9,11H2,(H,18,23)/b14-12+. The molecule has 3 rings (SSSR count). The zero-order chi connectivity index (χ0) is 18.4. The summed E-state index contributed by atoms with van der Waals surface area (Å²) in [5.41, 5.74) is 0.861. The molecule has 9 heteroatoms. The average molecular weight is 371 g/mol. The Morgan fingerprint density at radius 1 is 1.19 bits per heavy atom. The molecular weight excluding hydrogens is 354 g/mol. The zero-order valence-electron chi connectivity index (χ0n) is 13.9. The van der Waals surface area contributed by atoms with Crippen LogP contribution in [-0.2, 0) is 16.1 Å². The van der Waals surface area contributed by atoms with E-state index in [9.17, 15) is 14.4 Å². The quantitative estimate of drug-likeness (QED) is 0.741. The predicted octanol–water partition coefficient (Wildman–Crippen LogP) is 1.52. The van der Waals surface area contributed by atoms with Gasteiger partial charge < -0.3 is 5.32 Å². The summed E-state index contributed by atoms with van der Waals surface area (Å²) < 4.78 is 1.56. The van der Waals surface area contributed by atoms with Crippen LogP contribution in [0.4, 0.5) is 4.79 Å². The Kier molecular flexibility index (Phi) is 5.80. The molecule has 2 aromatic rings. The van der Waals surface area contributed by atoms with Gasteiger partial charge in [-0.05, 0) is 23.4 Å². The average Bonchev–Trinajstić information content (AvgIpc) is 3.25. The number of amides is 3. The summed E-state index contributed by atoms with van der Waals surface area (Å²) in [5.74, 6) is -0.506. The molecule has 26 heavy (non-hydrogen) atoms. The molecule has 8 nitrogen and oxygen atoms in total. The van der Waals surface area contributed by atoms with Gasteiger partial charge in [0.15, 0.2) is 0 Å². The van der Waals surface area contributed by atoms with Gasteiger partial charge in [0.25, 0.3) is 11.1 Å². The van der Waals surface area contributed by atoms with E-state index in [4.69, 9.17) is 0 Å². The summed E-state index contributed by atoms with van der Waals surface area (Å²) in [6.07, 6.45) is 5.16. The third kappa shape index (κ3) is 4.57. The fourth-order valence-electron chi connectivity index (χ4n) is 2.36. The Morgan fingerprint density at radius 2 is 2.00 bits per heavy atom. The van der Waals surface area contributed by atoms with Gasteiger partial charge in [0.05, 0.1) is 17.6 Å². The Bertz CT molecular complexity index is 820. The highest BCUT2D eigenvalue weighted by atomic mass is 32.2. The van der Waals surface area contributed by atoms with E-state index in [1.807, 2.05) is 30.3 Å². The summed E-state index contributed by atoms with van der Waals surface area (Å²) in [6.45, 7) is 0.784. The molecule has 1 aromatic heterocycles. The highest BCUT2D eigenvalue weighted by Crippen LogP contribution is 2.31. The van der Waals surface area contributed by atoms with Gasteiger partial charge in [-0.15, -0.1) is 5.10 Å². The molecule has 3 amide bonds.